The molecule has 3 aromatic carbocycles. The van der Waals surface area contributed by atoms with E-state index in [9.17, 15) is 5.11 Å². The number of ether oxygens (including phenoxy) is 1. The molecule has 196 valence electrons. The van der Waals surface area contributed by atoms with E-state index in [-0.39, 0.29) is 5.75 Å². The Morgan fingerprint density at radius 1 is 1.00 bits per heavy atom. The number of likely N-dealkylation sites (N-methyl/N-ethyl adjacent to an activating group) is 1. The molecule has 38 heavy (non-hydrogen) atoms. The van der Waals surface area contributed by atoms with Gasteiger partial charge in [-0.1, -0.05) is 35.9 Å². The van der Waals surface area contributed by atoms with Crippen molar-refractivity contribution in [1.29, 1.82) is 0 Å². The van der Waals surface area contributed by atoms with Crippen LogP contribution in [-0.4, -0.2) is 71.4 Å². The summed E-state index contributed by atoms with van der Waals surface area (Å²) in [5.74, 6) is 1.09. The molecule has 2 bridgehead atoms. The molecule has 7 rings (SSSR count). The lowest BCUT2D eigenvalue weighted by atomic mass is 9.96. The van der Waals surface area contributed by atoms with Crippen LogP contribution in [-0.2, 0) is 0 Å². The average molecular weight is 530 g/mol. The van der Waals surface area contributed by atoms with Crippen molar-refractivity contribution in [3.05, 3.63) is 53.6 Å². The topological polar surface area (TPSA) is 73.8 Å². The van der Waals surface area contributed by atoms with E-state index in [1.165, 1.54) is 19.3 Å². The molecule has 3 atom stereocenters. The number of nitrogens with zero attached hydrogens (tertiary/aromatic N) is 4. The number of nitrogens with one attached hydrogen (secondary N) is 1. The SMILES string of the molecule is CN1CCC[C@H]1COc1nc(N2CC3CCC(C2)N3)c2cc(Cl)c(-c3cc(O)cc4ccccc34)cc2n1. The highest BCUT2D eigenvalue weighted by molar-refractivity contribution is 6.35. The van der Waals surface area contributed by atoms with E-state index in [1.54, 1.807) is 12.1 Å². The second kappa shape index (κ2) is 9.56. The second-order valence-electron chi connectivity index (χ2n) is 11.0. The number of hydrogen-bond acceptors (Lipinski definition) is 7. The van der Waals surface area contributed by atoms with E-state index < -0.39 is 0 Å². The fourth-order valence-electron chi connectivity index (χ4n) is 6.47. The number of benzene rings is 3. The predicted molar refractivity (Wildman–Crippen MR) is 152 cm³/mol. The first kappa shape index (κ1) is 23.9. The molecule has 7 nitrogen and oxygen atoms in total. The maximum absolute atomic E-state index is 10.5. The normalized spacial score (nSPS) is 23.5. The number of phenols is 1. The van der Waals surface area contributed by atoms with E-state index in [2.05, 4.69) is 28.2 Å². The van der Waals surface area contributed by atoms with Crippen molar-refractivity contribution in [2.75, 3.05) is 38.2 Å². The summed E-state index contributed by atoms with van der Waals surface area (Å²) in [7, 11) is 2.15. The first-order valence-corrected chi connectivity index (χ1v) is 14.0. The largest absolute Gasteiger partial charge is 0.508 e. The van der Waals surface area contributed by atoms with Gasteiger partial charge in [0.1, 0.15) is 18.2 Å². The molecule has 0 amide bonds. The minimum atomic E-state index is 0.208. The van der Waals surface area contributed by atoms with Crippen molar-refractivity contribution < 1.29 is 9.84 Å². The van der Waals surface area contributed by atoms with Crippen LogP contribution in [0.4, 0.5) is 5.82 Å². The summed E-state index contributed by atoms with van der Waals surface area (Å²) >= 11 is 6.97. The fourth-order valence-corrected chi connectivity index (χ4v) is 6.74. The molecule has 1 aromatic heterocycles. The molecule has 4 aromatic rings. The molecule has 3 aliphatic heterocycles. The van der Waals surface area contributed by atoms with Gasteiger partial charge in [0.2, 0.25) is 0 Å². The van der Waals surface area contributed by atoms with Gasteiger partial charge in [-0.05, 0) is 79.9 Å². The summed E-state index contributed by atoms with van der Waals surface area (Å²) in [6.07, 6.45) is 4.70. The third-order valence-corrected chi connectivity index (χ3v) is 8.79. The van der Waals surface area contributed by atoms with E-state index in [4.69, 9.17) is 26.3 Å². The zero-order valence-electron chi connectivity index (χ0n) is 21.5. The van der Waals surface area contributed by atoms with Crippen molar-refractivity contribution in [2.45, 2.75) is 43.8 Å². The molecular weight excluding hydrogens is 498 g/mol. The Kier molecular flexibility index (Phi) is 6.02. The Hall–Kier alpha value is -3.13. The molecule has 3 aliphatic rings. The molecule has 2 N–H and O–H groups in total. The van der Waals surface area contributed by atoms with Crippen LogP contribution < -0.4 is 15.0 Å². The molecule has 3 saturated heterocycles. The Morgan fingerprint density at radius 2 is 1.82 bits per heavy atom. The quantitative estimate of drug-likeness (QED) is 0.367. The van der Waals surface area contributed by atoms with Crippen LogP contribution in [0.1, 0.15) is 25.7 Å². The molecule has 3 fully saturated rings. The van der Waals surface area contributed by atoms with Crippen molar-refractivity contribution in [3.8, 4) is 22.9 Å². The maximum atomic E-state index is 10.5. The molecule has 8 heteroatoms. The van der Waals surface area contributed by atoms with Gasteiger partial charge in [-0.25, -0.2) is 0 Å². The lowest BCUT2D eigenvalue weighted by Gasteiger charge is -2.34. The Labute approximate surface area is 227 Å². The third-order valence-electron chi connectivity index (χ3n) is 8.47. The lowest BCUT2D eigenvalue weighted by molar-refractivity contribution is 0.188. The third kappa shape index (κ3) is 4.32. The summed E-state index contributed by atoms with van der Waals surface area (Å²) in [6, 6.07) is 17.3. The standard InChI is InChI=1S/C30H32ClN5O2/c1-35-10-4-6-21(35)17-38-30-33-28-14-25(24-12-22(37)11-18-5-2-3-7-23(18)24)27(31)13-26(28)29(34-30)36-15-19-8-9-20(16-36)32-19/h2-3,5,7,11-14,19-21,32,37H,4,6,8-10,15-17H2,1H3/t19?,20?,21-/m0/s1. The summed E-state index contributed by atoms with van der Waals surface area (Å²) in [6.45, 7) is 3.49. The number of aromatic nitrogens is 2. The molecule has 0 spiro atoms. The van der Waals surface area contributed by atoms with Crippen molar-refractivity contribution in [1.82, 2.24) is 20.2 Å². The second-order valence-corrected chi connectivity index (χ2v) is 11.4. The minimum Gasteiger partial charge on any atom is -0.508 e. The van der Waals surface area contributed by atoms with Gasteiger partial charge in [0.25, 0.3) is 0 Å². The summed E-state index contributed by atoms with van der Waals surface area (Å²) in [5, 5.41) is 17.7. The Bertz CT molecular complexity index is 1520. The van der Waals surface area contributed by atoms with Gasteiger partial charge in [0.05, 0.1) is 5.52 Å². The number of halogens is 1. The van der Waals surface area contributed by atoms with Crippen LogP contribution in [0.5, 0.6) is 11.8 Å². The number of aromatic hydroxyl groups is 1. The van der Waals surface area contributed by atoms with Gasteiger partial charge < -0.3 is 25.0 Å². The smallest absolute Gasteiger partial charge is 0.319 e. The van der Waals surface area contributed by atoms with Crippen LogP contribution >= 0.6 is 11.6 Å². The Morgan fingerprint density at radius 3 is 2.61 bits per heavy atom. The van der Waals surface area contributed by atoms with E-state index in [0.29, 0.717) is 35.8 Å². The lowest BCUT2D eigenvalue weighted by Crippen LogP contribution is -2.51. The minimum absolute atomic E-state index is 0.208. The fraction of sp³-hybridized carbons (Fsp3) is 0.400. The van der Waals surface area contributed by atoms with Crippen LogP contribution in [0, 0.1) is 0 Å². The van der Waals surface area contributed by atoms with Gasteiger partial charge in [0, 0.05) is 47.2 Å². The van der Waals surface area contributed by atoms with Gasteiger partial charge in [0.15, 0.2) is 0 Å². The zero-order valence-corrected chi connectivity index (χ0v) is 22.3. The zero-order chi connectivity index (χ0) is 25.8. The predicted octanol–water partition coefficient (Wildman–Crippen LogP) is 5.22. The van der Waals surface area contributed by atoms with Gasteiger partial charge in [-0.3, -0.25) is 0 Å². The van der Waals surface area contributed by atoms with Crippen molar-refractivity contribution in [2.24, 2.45) is 0 Å². The monoisotopic (exact) mass is 529 g/mol. The average Bonchev–Trinajstić information content (AvgIpc) is 3.49. The highest BCUT2D eigenvalue weighted by Crippen LogP contribution is 2.40. The highest BCUT2D eigenvalue weighted by atomic mass is 35.5. The summed E-state index contributed by atoms with van der Waals surface area (Å²) in [5.41, 5.74) is 2.50. The number of phenolic OH excluding ortho intramolecular Hbond substituents is 1. The van der Waals surface area contributed by atoms with Crippen LogP contribution in [0.25, 0.3) is 32.8 Å². The van der Waals surface area contributed by atoms with E-state index in [1.807, 2.05) is 30.3 Å². The Balaban J connectivity index is 1.35. The molecule has 4 heterocycles. The van der Waals surface area contributed by atoms with E-state index >= 15 is 0 Å². The molecule has 2 unspecified atom stereocenters. The van der Waals surface area contributed by atoms with Crippen LogP contribution in [0.3, 0.4) is 0 Å². The van der Waals surface area contributed by atoms with Gasteiger partial charge in [-0.2, -0.15) is 9.97 Å². The van der Waals surface area contributed by atoms with Gasteiger partial charge >= 0.3 is 6.01 Å². The van der Waals surface area contributed by atoms with Crippen molar-refractivity contribution in [3.63, 3.8) is 0 Å². The van der Waals surface area contributed by atoms with Gasteiger partial charge in [-0.15, -0.1) is 0 Å². The number of hydrogen-bond donors (Lipinski definition) is 2. The number of rotatable bonds is 5. The first-order chi connectivity index (χ1) is 18.5. The summed E-state index contributed by atoms with van der Waals surface area (Å²) in [4.78, 5) is 14.6. The first-order valence-electron chi connectivity index (χ1n) is 13.6. The molecular formula is C30H32ClN5O2. The number of anilines is 1. The molecule has 0 saturated carbocycles. The van der Waals surface area contributed by atoms with Crippen LogP contribution in [0.2, 0.25) is 5.02 Å². The van der Waals surface area contributed by atoms with E-state index in [0.717, 1.165) is 64.7 Å². The highest BCUT2D eigenvalue weighted by Gasteiger charge is 2.34. The number of piperazine rings is 1. The molecule has 0 radical (unpaired) electrons. The maximum Gasteiger partial charge on any atom is 0.319 e. The van der Waals surface area contributed by atoms with Crippen molar-refractivity contribution >= 4 is 39.1 Å². The summed E-state index contributed by atoms with van der Waals surface area (Å²) < 4.78 is 6.26. The molecule has 0 aliphatic carbocycles. The number of likely N-dealkylation sites (tertiary alicyclic amines) is 1. The van der Waals surface area contributed by atoms with Crippen LogP contribution in [0.15, 0.2) is 48.5 Å². The number of fused-ring (bicyclic) bond motifs is 4.